The third-order valence-electron chi connectivity index (χ3n) is 4.64. The number of piperidine rings is 1. The van der Waals surface area contributed by atoms with E-state index in [1.165, 1.54) is 0 Å². The molecule has 0 radical (unpaired) electrons. The Kier molecular flexibility index (Phi) is 6.93. The first-order valence-electron chi connectivity index (χ1n) is 8.23. The van der Waals surface area contributed by atoms with E-state index in [0.29, 0.717) is 42.5 Å². The number of nitrogens with one attached hydrogen (secondary N) is 1. The first-order chi connectivity index (χ1) is 11.6. The van der Waals surface area contributed by atoms with E-state index in [-0.39, 0.29) is 30.3 Å². The minimum Gasteiger partial charge on any atom is -0.496 e. The van der Waals surface area contributed by atoms with Crippen LogP contribution in [0.3, 0.4) is 0 Å². The molecule has 6 nitrogen and oxygen atoms in total. The fourth-order valence-electron chi connectivity index (χ4n) is 3.42. The maximum absolute atomic E-state index is 12.9. The third-order valence-corrected chi connectivity index (χ3v) is 4.88. The zero-order valence-electron chi connectivity index (χ0n) is 14.2. The molecule has 0 spiro atoms. The van der Waals surface area contributed by atoms with Gasteiger partial charge in [0.15, 0.2) is 0 Å². The molecule has 2 saturated heterocycles. The largest absolute Gasteiger partial charge is 0.496 e. The van der Waals surface area contributed by atoms with Crippen LogP contribution in [0.1, 0.15) is 23.2 Å². The maximum atomic E-state index is 12.9. The molecule has 0 aliphatic carbocycles. The van der Waals surface area contributed by atoms with Gasteiger partial charge in [0.05, 0.1) is 19.2 Å². The van der Waals surface area contributed by atoms with Crippen LogP contribution >= 0.6 is 24.0 Å². The van der Waals surface area contributed by atoms with Gasteiger partial charge in [0.2, 0.25) is 5.91 Å². The summed E-state index contributed by atoms with van der Waals surface area (Å²) in [7, 11) is 1.54. The summed E-state index contributed by atoms with van der Waals surface area (Å²) in [5, 5.41) is 3.59. The van der Waals surface area contributed by atoms with Crippen LogP contribution < -0.4 is 10.1 Å². The Hall–Kier alpha value is -1.50. The SMILES string of the molecule is COc1ccc(Cl)cc1C(=O)N1CCCC(N2CCNCC2=O)C1.Cl. The van der Waals surface area contributed by atoms with E-state index >= 15 is 0 Å². The zero-order chi connectivity index (χ0) is 17.1. The van der Waals surface area contributed by atoms with Gasteiger partial charge >= 0.3 is 0 Å². The smallest absolute Gasteiger partial charge is 0.257 e. The highest BCUT2D eigenvalue weighted by Crippen LogP contribution is 2.26. The number of hydrogen-bond acceptors (Lipinski definition) is 4. The van der Waals surface area contributed by atoms with Crippen molar-refractivity contribution in [1.29, 1.82) is 0 Å². The Morgan fingerprint density at radius 3 is 2.88 bits per heavy atom. The van der Waals surface area contributed by atoms with E-state index in [1.807, 2.05) is 4.90 Å². The van der Waals surface area contributed by atoms with Gasteiger partial charge in [-0.05, 0) is 31.0 Å². The van der Waals surface area contributed by atoms with E-state index in [1.54, 1.807) is 30.2 Å². The Morgan fingerprint density at radius 1 is 1.36 bits per heavy atom. The number of likely N-dealkylation sites (tertiary alicyclic amines) is 1. The molecule has 1 atom stereocenters. The molecule has 25 heavy (non-hydrogen) atoms. The highest BCUT2D eigenvalue weighted by Gasteiger charge is 2.32. The standard InChI is InChI=1S/C17H22ClN3O3.ClH/c1-24-15-5-4-12(18)9-14(15)17(23)20-7-2-3-13(11-20)21-8-6-19-10-16(21)22;/h4-5,9,13,19H,2-3,6-8,10-11H2,1H3;1H. The molecule has 2 aliphatic heterocycles. The van der Waals surface area contributed by atoms with Gasteiger partial charge in [0, 0.05) is 37.2 Å². The molecule has 138 valence electrons. The van der Waals surface area contributed by atoms with Crippen molar-refractivity contribution in [2.45, 2.75) is 18.9 Å². The minimum absolute atomic E-state index is 0. The van der Waals surface area contributed by atoms with E-state index in [2.05, 4.69) is 5.32 Å². The molecule has 8 heteroatoms. The Labute approximate surface area is 158 Å². The van der Waals surface area contributed by atoms with Gasteiger partial charge in [0.1, 0.15) is 5.75 Å². The maximum Gasteiger partial charge on any atom is 0.257 e. The van der Waals surface area contributed by atoms with Crippen LogP contribution in [-0.4, -0.2) is 67.5 Å². The molecule has 1 aromatic carbocycles. The lowest BCUT2D eigenvalue weighted by atomic mass is 10.0. The number of hydrogen-bond donors (Lipinski definition) is 1. The van der Waals surface area contributed by atoms with E-state index in [4.69, 9.17) is 16.3 Å². The van der Waals surface area contributed by atoms with Crippen molar-refractivity contribution in [1.82, 2.24) is 15.1 Å². The topological polar surface area (TPSA) is 61.9 Å². The summed E-state index contributed by atoms with van der Waals surface area (Å²) < 4.78 is 5.29. The summed E-state index contributed by atoms with van der Waals surface area (Å²) in [6, 6.07) is 5.14. The molecule has 1 aromatic rings. The van der Waals surface area contributed by atoms with E-state index in [9.17, 15) is 9.59 Å². The normalized spacial score (nSPS) is 20.9. The van der Waals surface area contributed by atoms with Crippen LogP contribution in [-0.2, 0) is 4.79 Å². The van der Waals surface area contributed by atoms with Crippen LogP contribution in [0.4, 0.5) is 0 Å². The number of carbonyl (C=O) groups excluding carboxylic acids is 2. The van der Waals surface area contributed by atoms with E-state index in [0.717, 1.165) is 19.4 Å². The average Bonchev–Trinajstić information content (AvgIpc) is 2.61. The number of halogens is 2. The number of piperazine rings is 1. The molecular formula is C17H23Cl2N3O3. The van der Waals surface area contributed by atoms with Gasteiger partial charge < -0.3 is 19.9 Å². The number of nitrogens with zero attached hydrogens (tertiary/aromatic N) is 2. The fourth-order valence-corrected chi connectivity index (χ4v) is 3.59. The molecule has 3 rings (SSSR count). The van der Waals surface area contributed by atoms with Gasteiger partial charge in [-0.3, -0.25) is 9.59 Å². The predicted octanol–water partition coefficient (Wildman–Crippen LogP) is 1.81. The lowest BCUT2D eigenvalue weighted by molar-refractivity contribution is -0.135. The monoisotopic (exact) mass is 387 g/mol. The number of ether oxygens (including phenoxy) is 1. The first-order valence-corrected chi connectivity index (χ1v) is 8.61. The number of methoxy groups -OCH3 is 1. The molecule has 1 N–H and O–H groups in total. The fraction of sp³-hybridized carbons (Fsp3) is 0.529. The summed E-state index contributed by atoms with van der Waals surface area (Å²) in [5.41, 5.74) is 0.470. The lowest BCUT2D eigenvalue weighted by Gasteiger charge is -2.41. The number of benzene rings is 1. The molecular weight excluding hydrogens is 365 g/mol. The van der Waals surface area contributed by atoms with Crippen molar-refractivity contribution in [2.24, 2.45) is 0 Å². The van der Waals surface area contributed by atoms with Crippen molar-refractivity contribution in [2.75, 3.05) is 39.8 Å². The minimum atomic E-state index is -0.0957. The molecule has 0 saturated carbocycles. The Morgan fingerprint density at radius 2 is 2.16 bits per heavy atom. The van der Waals surface area contributed by atoms with Crippen LogP contribution in [0.2, 0.25) is 5.02 Å². The van der Waals surface area contributed by atoms with Crippen LogP contribution in [0.15, 0.2) is 18.2 Å². The predicted molar refractivity (Wildman–Crippen MR) is 98.8 cm³/mol. The van der Waals surface area contributed by atoms with Crippen molar-refractivity contribution in [3.63, 3.8) is 0 Å². The second kappa shape index (κ2) is 8.74. The third kappa shape index (κ3) is 4.37. The molecule has 0 bridgehead atoms. The van der Waals surface area contributed by atoms with Gasteiger partial charge in [-0.1, -0.05) is 11.6 Å². The van der Waals surface area contributed by atoms with Crippen LogP contribution in [0, 0.1) is 0 Å². The van der Waals surface area contributed by atoms with Gasteiger partial charge in [-0.25, -0.2) is 0 Å². The quantitative estimate of drug-likeness (QED) is 0.858. The van der Waals surface area contributed by atoms with E-state index < -0.39 is 0 Å². The Bertz CT molecular complexity index is 642. The van der Waals surface area contributed by atoms with Crippen molar-refractivity contribution in [3.8, 4) is 5.75 Å². The van der Waals surface area contributed by atoms with Crippen LogP contribution in [0.25, 0.3) is 0 Å². The molecule has 2 amide bonds. The first kappa shape index (κ1) is 19.8. The lowest BCUT2D eigenvalue weighted by Crippen LogP contribution is -2.57. The number of carbonyl (C=O) groups is 2. The Balaban J connectivity index is 0.00000225. The number of amides is 2. The zero-order valence-corrected chi connectivity index (χ0v) is 15.7. The van der Waals surface area contributed by atoms with Crippen molar-refractivity contribution >= 4 is 35.8 Å². The van der Waals surface area contributed by atoms with Crippen LogP contribution in [0.5, 0.6) is 5.75 Å². The summed E-state index contributed by atoms with van der Waals surface area (Å²) in [6.07, 6.45) is 1.82. The molecule has 2 aliphatic rings. The molecule has 2 heterocycles. The second-order valence-electron chi connectivity index (χ2n) is 6.16. The van der Waals surface area contributed by atoms with Crippen molar-refractivity contribution < 1.29 is 14.3 Å². The van der Waals surface area contributed by atoms with Gasteiger partial charge in [0.25, 0.3) is 5.91 Å². The van der Waals surface area contributed by atoms with Crippen molar-refractivity contribution in [3.05, 3.63) is 28.8 Å². The summed E-state index contributed by atoms with van der Waals surface area (Å²) >= 11 is 6.04. The highest BCUT2D eigenvalue weighted by atomic mass is 35.5. The van der Waals surface area contributed by atoms with Gasteiger partial charge in [-0.2, -0.15) is 0 Å². The average molecular weight is 388 g/mol. The number of rotatable bonds is 3. The summed E-state index contributed by atoms with van der Waals surface area (Å²) in [4.78, 5) is 28.7. The molecule has 1 unspecified atom stereocenters. The highest BCUT2D eigenvalue weighted by molar-refractivity contribution is 6.31. The van der Waals surface area contributed by atoms with Gasteiger partial charge in [-0.15, -0.1) is 12.4 Å². The summed E-state index contributed by atoms with van der Waals surface area (Å²) in [5.74, 6) is 0.535. The molecule has 2 fully saturated rings. The second-order valence-corrected chi connectivity index (χ2v) is 6.59. The molecule has 0 aromatic heterocycles. The summed E-state index contributed by atoms with van der Waals surface area (Å²) in [6.45, 7) is 3.13.